The lowest BCUT2D eigenvalue weighted by Crippen LogP contribution is -2.63. The molecule has 0 aliphatic carbocycles. The van der Waals surface area contributed by atoms with Crippen LogP contribution >= 0.6 is 0 Å². The molecule has 8 aromatic rings. The second kappa shape index (κ2) is 45.2. The van der Waals surface area contributed by atoms with Gasteiger partial charge in [0.05, 0.1) is 117 Å². The molecule has 4 aromatic heterocycles. The maximum Gasteiger partial charge on any atom is 0.338 e. The fraction of sp³-hybridized carbons (Fsp3) is 0.533. The topological polar surface area (TPSA) is 478 Å². The van der Waals surface area contributed by atoms with Gasteiger partial charge < -0.3 is 94.7 Å². The number of carbonyl (C=O) groups is 10. The third kappa shape index (κ3) is 25.5. The van der Waals surface area contributed by atoms with Gasteiger partial charge in [-0.1, -0.05) is 135 Å². The number of nitrogens with zero attached hydrogens (tertiary/aromatic N) is 12. The first kappa shape index (κ1) is 97.3. The molecule has 0 N–H and O–H groups in total. The van der Waals surface area contributed by atoms with Crippen LogP contribution in [0.1, 0.15) is 147 Å². The first-order chi connectivity index (χ1) is 63.4. The summed E-state index contributed by atoms with van der Waals surface area (Å²) >= 11 is 0. The minimum absolute atomic E-state index is 0.0332. The molecule has 0 saturated carbocycles. The Hall–Kier alpha value is -12.3. The van der Waals surface area contributed by atoms with E-state index in [2.05, 4.69) is 41.2 Å². The van der Waals surface area contributed by atoms with Gasteiger partial charge in [-0.2, -0.15) is 0 Å². The smallest absolute Gasteiger partial charge is 0.338 e. The van der Waals surface area contributed by atoms with Crippen LogP contribution in [0.15, 0.2) is 146 Å². The number of carbonyl (C=O) groups excluding carboxylic acids is 10. The molecule has 0 spiro atoms. The Balaban J connectivity index is 0.692. The molecule has 5 aliphatic heterocycles. The molecule has 9 heterocycles. The summed E-state index contributed by atoms with van der Waals surface area (Å²) in [5, 5.41) is 34.6. The number of ether oxygens (including phenoxy) is 20. The van der Waals surface area contributed by atoms with Crippen LogP contribution in [0.5, 0.6) is 0 Å². The molecule has 42 heteroatoms. The highest BCUT2D eigenvalue weighted by atomic mass is 16.8. The molecule has 708 valence electrons. The van der Waals surface area contributed by atoms with Crippen LogP contribution in [-0.4, -0.2) is 256 Å². The quantitative estimate of drug-likeness (QED) is 0.0292. The van der Waals surface area contributed by atoms with Crippen LogP contribution in [0.25, 0.3) is 0 Å². The van der Waals surface area contributed by atoms with Gasteiger partial charge in [-0.05, 0) is 61.4 Å². The van der Waals surface area contributed by atoms with E-state index in [0.717, 1.165) is 6.92 Å². The normalized spacial score (nSPS) is 28.7. The highest BCUT2D eigenvalue weighted by Crippen LogP contribution is 2.43. The number of aryl methyl sites for hydroxylation is 3. The molecule has 5 fully saturated rings. The van der Waals surface area contributed by atoms with E-state index in [1.54, 1.807) is 195 Å². The molecule has 6 unspecified atom stereocenters. The summed E-state index contributed by atoms with van der Waals surface area (Å²) in [5.74, 6) is -11.1. The van der Waals surface area contributed by atoms with Crippen LogP contribution in [0.4, 0.5) is 0 Å². The van der Waals surface area contributed by atoms with Crippen molar-refractivity contribution in [3.63, 3.8) is 0 Å². The molecule has 0 amide bonds. The van der Waals surface area contributed by atoms with Crippen LogP contribution < -0.4 is 0 Å². The first-order valence-corrected chi connectivity index (χ1v) is 43.3. The minimum atomic E-state index is -1.55. The predicted molar refractivity (Wildman–Crippen MR) is 446 cm³/mol. The molecule has 5 saturated heterocycles. The van der Waals surface area contributed by atoms with Crippen LogP contribution in [-0.2, 0) is 170 Å². The van der Waals surface area contributed by atoms with Gasteiger partial charge in [0.25, 0.3) is 0 Å². The number of aromatic nitrogens is 12. The van der Waals surface area contributed by atoms with Crippen molar-refractivity contribution in [2.24, 2.45) is 35.5 Å². The zero-order valence-corrected chi connectivity index (χ0v) is 75.0. The van der Waals surface area contributed by atoms with Crippen molar-refractivity contribution in [3.05, 3.63) is 191 Å². The first-order valence-electron chi connectivity index (χ1n) is 43.3. The number of esters is 10. The van der Waals surface area contributed by atoms with E-state index in [-0.39, 0.29) is 86.5 Å². The summed E-state index contributed by atoms with van der Waals surface area (Å²) < 4.78 is 131. The number of benzene rings is 4. The molecule has 25 atom stereocenters. The van der Waals surface area contributed by atoms with Gasteiger partial charge >= 0.3 is 59.7 Å². The van der Waals surface area contributed by atoms with Crippen LogP contribution in [0.2, 0.25) is 0 Å². The molecular formula is C90H108N12O30. The van der Waals surface area contributed by atoms with Crippen molar-refractivity contribution >= 4 is 59.7 Å². The Morgan fingerprint density at radius 2 is 0.621 bits per heavy atom. The molecule has 13 rings (SSSR count). The second-order valence-corrected chi connectivity index (χ2v) is 33.0. The third-order valence-corrected chi connectivity index (χ3v) is 23.2. The van der Waals surface area contributed by atoms with E-state index < -0.39 is 219 Å². The molecule has 4 aromatic carbocycles. The number of rotatable bonds is 37. The van der Waals surface area contributed by atoms with Gasteiger partial charge in [0.1, 0.15) is 67.4 Å². The summed E-state index contributed by atoms with van der Waals surface area (Å²) in [5.41, 5.74) is 2.47. The monoisotopic (exact) mass is 1840 g/mol. The van der Waals surface area contributed by atoms with Gasteiger partial charge in [-0.15, -0.1) is 20.4 Å². The van der Waals surface area contributed by atoms with E-state index in [1.807, 2.05) is 13.8 Å². The Morgan fingerprint density at radius 3 is 1.05 bits per heavy atom. The lowest BCUT2D eigenvalue weighted by Gasteiger charge is -2.50. The zero-order chi connectivity index (χ0) is 94.0. The van der Waals surface area contributed by atoms with Gasteiger partial charge in [0, 0.05) is 77.3 Å². The van der Waals surface area contributed by atoms with Crippen LogP contribution in [0, 0.1) is 42.4 Å². The summed E-state index contributed by atoms with van der Waals surface area (Å²) in [6.45, 7) is 17.9. The molecule has 132 heavy (non-hydrogen) atoms. The maximum absolute atomic E-state index is 14.3. The molecule has 0 bridgehead atoms. The van der Waals surface area contributed by atoms with Gasteiger partial charge in [0.2, 0.25) is 0 Å². The second-order valence-electron chi connectivity index (χ2n) is 33.0. The standard InChI is InChI=1S/C90H108N12O30/c1-48-36-101(95-91-48)41-69-80(129-84(111)63-30-22-16-23-31-63)76(128-83(110)62-28-20-15-21-29-62)54(7)86(123-69)116-42-65-37-99(96-92-65)34-35-100-38-66(93-97-100)43-118-88-81(130-85(112)64-32-24-17-25-33-64)75(127-82(109)61-26-18-14-19-27-61)51(4)68(122-88)40-102-39-67(94-98-102)44-117-87-78(120-59(12)107)52(5)73(71(125-87)46-114-56(9)104)132-90-79(121-60(13)108)53(6)74(72(126-90)47-115-57(10)105)131-89-77(119-58(11)106)50(3)49(2)70(124-89)45-113-55(8)103/h14-33,36-39,49-54,68-81,86-90H,34-35,40-47H2,1-13H3/t49-,50-,51+,52-,53-,54-,68+,69+,70?,71?,72?,73-,74-,75-,76+,77?,78?,79?,80+,81-,86-,87+,88-,89+,90+/m0/s1. The number of hydrogen-bond donors (Lipinski definition) is 0. The summed E-state index contributed by atoms with van der Waals surface area (Å²) in [7, 11) is 0. The highest BCUT2D eigenvalue weighted by molar-refractivity contribution is 5.91. The Morgan fingerprint density at radius 1 is 0.295 bits per heavy atom. The molecular weight excluding hydrogens is 1730 g/mol. The maximum atomic E-state index is 14.3. The Kier molecular flexibility index (Phi) is 33.3. The fourth-order valence-corrected chi connectivity index (χ4v) is 16.2. The van der Waals surface area contributed by atoms with Gasteiger partial charge in [-0.3, -0.25) is 38.1 Å². The summed E-state index contributed by atoms with van der Waals surface area (Å²) in [6.07, 6.45) is -16.5. The van der Waals surface area contributed by atoms with Crippen molar-refractivity contribution in [2.75, 3.05) is 19.8 Å². The SMILES string of the molecule is CC(=O)OCC1O[C@H](O[C@@H]2C(COC(C)=O)O[C@H](O[C@@H]3C(COC(C)=O)O[C@@H](OCc4cn(C[C@H]5O[C@H](OCc6cn(CCn7cc(CO[C@H]8O[C@H](Cn9cc(C)nn9)[C@@H](OC(=O)c9ccccc9)[C@H](OC(=O)c9ccccc9)[C@@H]8C)nn7)nn6)[C@@H](OC(=O)c6ccccc6)[C@@H](OC(=O)c6ccccc6)[C@@H]5C)nn4)C(OC(C)=O)[C@H]3C)C(OC(C)=O)[C@H]2C)C(OC(C)=O)[C@@H](C)[C@@H]1C. The lowest BCUT2D eigenvalue weighted by molar-refractivity contribution is -0.367. The lowest BCUT2D eigenvalue weighted by atomic mass is 9.83. The molecule has 0 radical (unpaired) electrons. The molecule has 5 aliphatic rings. The average molecular weight is 1840 g/mol. The summed E-state index contributed by atoms with van der Waals surface area (Å²) in [6, 6.07) is 33.2. The predicted octanol–water partition coefficient (Wildman–Crippen LogP) is 6.61. The van der Waals surface area contributed by atoms with Crippen molar-refractivity contribution in [1.29, 1.82) is 0 Å². The third-order valence-electron chi connectivity index (χ3n) is 23.2. The van der Waals surface area contributed by atoms with Gasteiger partial charge in [-0.25, -0.2) is 28.5 Å². The Labute approximate surface area is 758 Å². The van der Waals surface area contributed by atoms with Crippen molar-refractivity contribution < 1.29 is 143 Å². The summed E-state index contributed by atoms with van der Waals surface area (Å²) in [4.78, 5) is 132. The van der Waals surface area contributed by atoms with Crippen LogP contribution in [0.3, 0.4) is 0 Å². The van der Waals surface area contributed by atoms with E-state index in [9.17, 15) is 47.9 Å². The fourth-order valence-electron chi connectivity index (χ4n) is 16.2. The van der Waals surface area contributed by atoms with Crippen molar-refractivity contribution in [3.8, 4) is 0 Å². The average Bonchev–Trinajstić information content (AvgIpc) is 1.28. The van der Waals surface area contributed by atoms with E-state index >= 15 is 0 Å². The van der Waals surface area contributed by atoms with E-state index in [1.165, 1.54) is 39.3 Å². The highest BCUT2D eigenvalue weighted by Gasteiger charge is 2.57. The molecule has 42 nitrogen and oxygen atoms in total. The van der Waals surface area contributed by atoms with Gasteiger partial charge in [0.15, 0.2) is 62.0 Å². The zero-order valence-electron chi connectivity index (χ0n) is 75.0. The van der Waals surface area contributed by atoms with E-state index in [0.29, 0.717) is 17.1 Å². The van der Waals surface area contributed by atoms with E-state index in [4.69, 9.17) is 94.7 Å². The Bertz CT molecular complexity index is 5200. The minimum Gasteiger partial charge on any atom is -0.463 e. The number of hydrogen-bond acceptors (Lipinski definition) is 38. The van der Waals surface area contributed by atoms with Crippen molar-refractivity contribution in [2.45, 2.75) is 253 Å². The largest absolute Gasteiger partial charge is 0.463 e. The van der Waals surface area contributed by atoms with Crippen molar-refractivity contribution in [1.82, 2.24) is 60.0 Å².